The van der Waals surface area contributed by atoms with E-state index in [0.717, 1.165) is 4.88 Å². The summed E-state index contributed by atoms with van der Waals surface area (Å²) in [5, 5.41) is 2.85. The highest BCUT2D eigenvalue weighted by atomic mass is 32.1. The molecule has 1 unspecified atom stereocenters. The summed E-state index contributed by atoms with van der Waals surface area (Å²) >= 11 is 1.44. The molecule has 1 atom stereocenters. The first-order valence-corrected chi connectivity index (χ1v) is 6.02. The van der Waals surface area contributed by atoms with Crippen LogP contribution in [-0.4, -0.2) is 26.1 Å². The number of aryl methyl sites for hydroxylation is 1. The molecular weight excluding hydrogens is 224 g/mol. The van der Waals surface area contributed by atoms with Crippen molar-refractivity contribution in [3.8, 4) is 5.75 Å². The number of carbonyl (C=O) groups excluding carboxylic acids is 1. The third-order valence-corrected chi connectivity index (χ3v) is 3.29. The second-order valence-corrected chi connectivity index (χ2v) is 5.06. The van der Waals surface area contributed by atoms with Gasteiger partial charge in [0.2, 0.25) is 0 Å². The number of rotatable bonds is 5. The predicted molar refractivity (Wildman–Crippen MR) is 66.2 cm³/mol. The lowest BCUT2D eigenvalue weighted by molar-refractivity contribution is 0.0950. The van der Waals surface area contributed by atoms with Crippen molar-refractivity contribution < 1.29 is 9.53 Å². The molecule has 16 heavy (non-hydrogen) atoms. The largest absolute Gasteiger partial charge is 0.495 e. The summed E-state index contributed by atoms with van der Waals surface area (Å²) in [6, 6.07) is 1.87. The monoisotopic (exact) mass is 242 g/mol. The number of amides is 1. The van der Waals surface area contributed by atoms with Gasteiger partial charge >= 0.3 is 0 Å². The molecule has 0 bridgehead atoms. The minimum absolute atomic E-state index is 0.0877. The molecule has 90 valence electrons. The number of nitrogens with one attached hydrogen (secondary N) is 1. The fourth-order valence-electron chi connectivity index (χ4n) is 1.23. The van der Waals surface area contributed by atoms with Gasteiger partial charge in [-0.1, -0.05) is 6.92 Å². The van der Waals surface area contributed by atoms with Crippen LogP contribution in [0.4, 0.5) is 0 Å². The molecule has 1 amide bonds. The van der Waals surface area contributed by atoms with Gasteiger partial charge in [0.15, 0.2) is 0 Å². The molecule has 0 aliphatic rings. The summed E-state index contributed by atoms with van der Waals surface area (Å²) in [6.07, 6.45) is 0. The fraction of sp³-hybridized carbons (Fsp3) is 0.545. The van der Waals surface area contributed by atoms with E-state index in [-0.39, 0.29) is 11.8 Å². The molecular formula is C11H18N2O2S. The van der Waals surface area contributed by atoms with Gasteiger partial charge in [-0.05, 0) is 25.5 Å². The fourth-order valence-corrected chi connectivity index (χ4v) is 2.13. The summed E-state index contributed by atoms with van der Waals surface area (Å²) in [4.78, 5) is 13.5. The SMILES string of the molecule is COc1cc(C)sc1C(=O)NCC(C)CN. The number of hydrogen-bond donors (Lipinski definition) is 2. The maximum absolute atomic E-state index is 11.8. The van der Waals surface area contributed by atoms with Crippen molar-refractivity contribution in [3.05, 3.63) is 15.8 Å². The first-order chi connectivity index (χ1) is 7.58. The summed E-state index contributed by atoms with van der Waals surface area (Å²) in [7, 11) is 1.57. The van der Waals surface area contributed by atoms with E-state index in [1.165, 1.54) is 11.3 Å². The zero-order valence-corrected chi connectivity index (χ0v) is 10.7. The van der Waals surface area contributed by atoms with Crippen LogP contribution in [0, 0.1) is 12.8 Å². The highest BCUT2D eigenvalue weighted by Crippen LogP contribution is 2.28. The minimum Gasteiger partial charge on any atom is -0.495 e. The molecule has 0 aliphatic carbocycles. The summed E-state index contributed by atoms with van der Waals surface area (Å²) < 4.78 is 5.15. The van der Waals surface area contributed by atoms with Gasteiger partial charge in [-0.2, -0.15) is 0 Å². The van der Waals surface area contributed by atoms with Gasteiger partial charge in [0.1, 0.15) is 10.6 Å². The van der Waals surface area contributed by atoms with E-state index < -0.39 is 0 Å². The Morgan fingerprint density at radius 1 is 1.69 bits per heavy atom. The van der Waals surface area contributed by atoms with Crippen LogP contribution in [-0.2, 0) is 0 Å². The van der Waals surface area contributed by atoms with Gasteiger partial charge in [0.25, 0.3) is 5.91 Å². The van der Waals surface area contributed by atoms with Crippen LogP contribution in [0.1, 0.15) is 21.5 Å². The number of thiophene rings is 1. The Morgan fingerprint density at radius 2 is 2.38 bits per heavy atom. The maximum atomic E-state index is 11.8. The Labute approximate surface area is 99.8 Å². The molecule has 3 N–H and O–H groups in total. The topological polar surface area (TPSA) is 64.3 Å². The number of hydrogen-bond acceptors (Lipinski definition) is 4. The van der Waals surface area contributed by atoms with Crippen LogP contribution in [0.15, 0.2) is 6.07 Å². The molecule has 0 saturated heterocycles. The van der Waals surface area contributed by atoms with E-state index in [4.69, 9.17) is 10.5 Å². The van der Waals surface area contributed by atoms with Gasteiger partial charge in [0.05, 0.1) is 7.11 Å². The van der Waals surface area contributed by atoms with E-state index in [9.17, 15) is 4.79 Å². The molecule has 0 fully saturated rings. The summed E-state index contributed by atoms with van der Waals surface area (Å²) in [5.74, 6) is 0.839. The van der Waals surface area contributed by atoms with E-state index in [1.54, 1.807) is 7.11 Å². The van der Waals surface area contributed by atoms with Crippen molar-refractivity contribution >= 4 is 17.2 Å². The number of nitrogens with two attached hydrogens (primary N) is 1. The van der Waals surface area contributed by atoms with Gasteiger partial charge in [-0.25, -0.2) is 0 Å². The van der Waals surface area contributed by atoms with Gasteiger partial charge in [-0.15, -0.1) is 11.3 Å². The normalized spacial score (nSPS) is 12.2. The van der Waals surface area contributed by atoms with E-state index in [1.807, 2.05) is 19.9 Å². The van der Waals surface area contributed by atoms with Crippen molar-refractivity contribution in [2.24, 2.45) is 11.7 Å². The van der Waals surface area contributed by atoms with Crippen LogP contribution in [0.5, 0.6) is 5.75 Å². The van der Waals surface area contributed by atoms with Gasteiger partial charge in [-0.3, -0.25) is 4.79 Å². The summed E-state index contributed by atoms with van der Waals surface area (Å²) in [5.41, 5.74) is 5.48. The van der Waals surface area contributed by atoms with Crippen molar-refractivity contribution in [2.75, 3.05) is 20.2 Å². The first-order valence-electron chi connectivity index (χ1n) is 5.21. The van der Waals surface area contributed by atoms with Crippen molar-refractivity contribution in [1.29, 1.82) is 0 Å². The molecule has 5 heteroatoms. The lowest BCUT2D eigenvalue weighted by Gasteiger charge is -2.09. The minimum atomic E-state index is -0.0877. The quantitative estimate of drug-likeness (QED) is 0.820. The summed E-state index contributed by atoms with van der Waals surface area (Å²) in [6.45, 7) is 5.11. The van der Waals surface area contributed by atoms with Crippen LogP contribution >= 0.6 is 11.3 Å². The van der Waals surface area contributed by atoms with Crippen LogP contribution < -0.4 is 15.8 Å². The van der Waals surface area contributed by atoms with E-state index >= 15 is 0 Å². The first kappa shape index (κ1) is 13.0. The molecule has 4 nitrogen and oxygen atoms in total. The number of methoxy groups -OCH3 is 1. The molecule has 0 aliphatic heterocycles. The van der Waals surface area contributed by atoms with Crippen molar-refractivity contribution in [1.82, 2.24) is 5.32 Å². The molecule has 1 rings (SSSR count). The van der Waals surface area contributed by atoms with Crippen molar-refractivity contribution in [3.63, 3.8) is 0 Å². The third kappa shape index (κ3) is 3.21. The second-order valence-electron chi connectivity index (χ2n) is 3.81. The van der Waals surface area contributed by atoms with Crippen LogP contribution in [0.25, 0.3) is 0 Å². The number of ether oxygens (including phenoxy) is 1. The molecule has 0 radical (unpaired) electrons. The van der Waals surface area contributed by atoms with Crippen LogP contribution in [0.3, 0.4) is 0 Å². The van der Waals surface area contributed by atoms with Gasteiger partial charge < -0.3 is 15.8 Å². The van der Waals surface area contributed by atoms with E-state index in [2.05, 4.69) is 5.32 Å². The maximum Gasteiger partial charge on any atom is 0.265 e. The number of carbonyl (C=O) groups is 1. The standard InChI is InChI=1S/C11H18N2O2S/c1-7(5-12)6-13-11(14)10-9(15-3)4-8(2)16-10/h4,7H,5-6,12H2,1-3H3,(H,13,14). The Morgan fingerprint density at radius 3 is 2.94 bits per heavy atom. The average Bonchev–Trinajstić information content (AvgIpc) is 2.66. The smallest absolute Gasteiger partial charge is 0.265 e. The lowest BCUT2D eigenvalue weighted by Crippen LogP contribution is -2.30. The highest BCUT2D eigenvalue weighted by Gasteiger charge is 2.15. The van der Waals surface area contributed by atoms with Crippen molar-refractivity contribution in [2.45, 2.75) is 13.8 Å². The highest BCUT2D eigenvalue weighted by molar-refractivity contribution is 7.14. The molecule has 1 aromatic heterocycles. The third-order valence-electron chi connectivity index (χ3n) is 2.26. The Hall–Kier alpha value is -1.07. The Balaban J connectivity index is 2.65. The zero-order valence-electron chi connectivity index (χ0n) is 9.87. The predicted octanol–water partition coefficient (Wildman–Crippen LogP) is 1.39. The molecule has 0 saturated carbocycles. The zero-order chi connectivity index (χ0) is 12.1. The molecule has 0 spiro atoms. The molecule has 1 aromatic rings. The van der Waals surface area contributed by atoms with E-state index in [0.29, 0.717) is 23.7 Å². The van der Waals surface area contributed by atoms with Gasteiger partial charge in [0, 0.05) is 11.4 Å². The second kappa shape index (κ2) is 5.86. The Bertz CT molecular complexity index is 363. The molecule has 0 aromatic carbocycles. The Kier molecular flexibility index (Phi) is 4.76. The molecule has 1 heterocycles. The van der Waals surface area contributed by atoms with Crippen LogP contribution in [0.2, 0.25) is 0 Å². The average molecular weight is 242 g/mol. The lowest BCUT2D eigenvalue weighted by atomic mass is 10.2.